The number of hydrogen-bond donors (Lipinski definition) is 1. The molecule has 7 heteroatoms. The predicted octanol–water partition coefficient (Wildman–Crippen LogP) is 0.897. The molecular formula is C14H20N2O4S. The molecule has 1 aromatic heterocycles. The summed E-state index contributed by atoms with van der Waals surface area (Å²) in [5.74, 6) is 0.724. The van der Waals surface area contributed by atoms with E-state index in [0.717, 1.165) is 17.9 Å². The molecule has 1 aromatic rings. The molecule has 0 amide bonds. The Morgan fingerprint density at radius 2 is 2.05 bits per heavy atom. The second-order valence-corrected chi connectivity index (χ2v) is 8.47. The number of nitrogens with zero attached hydrogens (tertiary/aromatic N) is 2. The van der Waals surface area contributed by atoms with Crippen LogP contribution in [0.25, 0.3) is 0 Å². The van der Waals surface area contributed by atoms with E-state index in [0.29, 0.717) is 38.1 Å². The van der Waals surface area contributed by atoms with Crippen LogP contribution in [0.1, 0.15) is 30.8 Å². The lowest BCUT2D eigenvalue weighted by molar-refractivity contribution is -0.142. The molecule has 1 unspecified atom stereocenters. The molecule has 0 aromatic carbocycles. The third kappa shape index (κ3) is 3.28. The van der Waals surface area contributed by atoms with E-state index in [1.54, 1.807) is 0 Å². The van der Waals surface area contributed by atoms with Gasteiger partial charge in [-0.3, -0.25) is 4.79 Å². The summed E-state index contributed by atoms with van der Waals surface area (Å²) in [6.45, 7) is 0.707. The van der Waals surface area contributed by atoms with Crippen LogP contribution in [0.5, 0.6) is 0 Å². The molecule has 1 N–H and O–H groups in total. The minimum atomic E-state index is -2.82. The zero-order valence-corrected chi connectivity index (χ0v) is 12.7. The highest BCUT2D eigenvalue weighted by Crippen LogP contribution is 2.25. The Labute approximate surface area is 124 Å². The molecule has 2 aliphatic heterocycles. The lowest BCUT2D eigenvalue weighted by atomic mass is 9.97. The van der Waals surface area contributed by atoms with Crippen molar-refractivity contribution in [3.63, 3.8) is 0 Å². The van der Waals surface area contributed by atoms with Gasteiger partial charge in [-0.2, -0.15) is 0 Å². The third-order valence-electron chi connectivity index (χ3n) is 4.58. The summed E-state index contributed by atoms with van der Waals surface area (Å²) < 4.78 is 24.9. The number of carboxylic acids is 1. The largest absolute Gasteiger partial charge is 0.481 e. The number of sulfone groups is 1. The van der Waals surface area contributed by atoms with Gasteiger partial charge in [-0.15, -0.1) is 0 Å². The number of hydrogen-bond acceptors (Lipinski definition) is 4. The Morgan fingerprint density at radius 3 is 2.71 bits per heavy atom. The van der Waals surface area contributed by atoms with Gasteiger partial charge >= 0.3 is 5.97 Å². The number of rotatable bonds is 3. The van der Waals surface area contributed by atoms with E-state index >= 15 is 0 Å². The highest BCUT2D eigenvalue weighted by atomic mass is 32.2. The molecule has 0 saturated carbocycles. The topological polar surface area (TPSA) is 89.3 Å². The SMILES string of the molecule is O=C(O)C1CCn2cc(CC3CCS(=O)(=O)CC3)nc2C1. The fraction of sp³-hybridized carbons (Fsp3) is 0.714. The summed E-state index contributed by atoms with van der Waals surface area (Å²) in [4.78, 5) is 15.6. The molecule has 1 saturated heterocycles. The van der Waals surface area contributed by atoms with Gasteiger partial charge in [0.05, 0.1) is 23.1 Å². The molecule has 6 nitrogen and oxygen atoms in total. The molecule has 3 rings (SSSR count). The summed E-state index contributed by atoms with van der Waals surface area (Å²) in [7, 11) is -2.82. The molecular weight excluding hydrogens is 292 g/mol. The molecule has 116 valence electrons. The van der Waals surface area contributed by atoms with E-state index in [4.69, 9.17) is 5.11 Å². The first-order chi connectivity index (χ1) is 9.93. The summed E-state index contributed by atoms with van der Waals surface area (Å²) >= 11 is 0. The van der Waals surface area contributed by atoms with Gasteiger partial charge in [-0.25, -0.2) is 13.4 Å². The van der Waals surface area contributed by atoms with Crippen molar-refractivity contribution < 1.29 is 18.3 Å². The molecule has 0 spiro atoms. The van der Waals surface area contributed by atoms with E-state index in [9.17, 15) is 13.2 Å². The molecule has 1 fully saturated rings. The zero-order chi connectivity index (χ0) is 15.0. The fourth-order valence-electron chi connectivity index (χ4n) is 3.24. The number of fused-ring (bicyclic) bond motifs is 1. The van der Waals surface area contributed by atoms with E-state index in [1.807, 2.05) is 10.8 Å². The number of carbonyl (C=O) groups is 1. The Hall–Kier alpha value is -1.37. The number of aliphatic carboxylic acids is 1. The normalized spacial score (nSPS) is 25.4. The molecule has 0 bridgehead atoms. The monoisotopic (exact) mass is 312 g/mol. The van der Waals surface area contributed by atoms with Crippen LogP contribution in [0.3, 0.4) is 0 Å². The van der Waals surface area contributed by atoms with E-state index < -0.39 is 15.8 Å². The smallest absolute Gasteiger partial charge is 0.307 e. The average Bonchev–Trinajstić information content (AvgIpc) is 2.82. The predicted molar refractivity (Wildman–Crippen MR) is 76.8 cm³/mol. The minimum absolute atomic E-state index is 0.284. The van der Waals surface area contributed by atoms with Crippen LogP contribution in [-0.2, 0) is 34.0 Å². The van der Waals surface area contributed by atoms with Crippen molar-refractivity contribution in [2.45, 2.75) is 38.6 Å². The Balaban J connectivity index is 1.65. The lowest BCUT2D eigenvalue weighted by Crippen LogP contribution is -2.25. The van der Waals surface area contributed by atoms with E-state index in [1.165, 1.54) is 0 Å². The minimum Gasteiger partial charge on any atom is -0.481 e. The summed E-state index contributed by atoms with van der Waals surface area (Å²) in [5.41, 5.74) is 0.973. The van der Waals surface area contributed by atoms with Crippen LogP contribution in [0.15, 0.2) is 6.20 Å². The van der Waals surface area contributed by atoms with Crippen molar-refractivity contribution in [2.24, 2.45) is 11.8 Å². The van der Waals surface area contributed by atoms with Crippen LogP contribution in [0.4, 0.5) is 0 Å². The van der Waals surface area contributed by atoms with Gasteiger partial charge in [0, 0.05) is 19.2 Å². The van der Waals surface area contributed by atoms with Crippen LogP contribution >= 0.6 is 0 Å². The fourth-order valence-corrected chi connectivity index (χ4v) is 4.82. The van der Waals surface area contributed by atoms with Gasteiger partial charge in [0.15, 0.2) is 0 Å². The first-order valence-corrected chi connectivity index (χ1v) is 9.23. The van der Waals surface area contributed by atoms with Crippen molar-refractivity contribution in [2.75, 3.05) is 11.5 Å². The quantitative estimate of drug-likeness (QED) is 0.895. The summed E-state index contributed by atoms with van der Waals surface area (Å²) in [5, 5.41) is 9.09. The van der Waals surface area contributed by atoms with Crippen LogP contribution < -0.4 is 0 Å². The second kappa shape index (κ2) is 5.44. The highest BCUT2D eigenvalue weighted by molar-refractivity contribution is 7.91. The Bertz CT molecular complexity index is 636. The van der Waals surface area contributed by atoms with Crippen molar-refractivity contribution >= 4 is 15.8 Å². The van der Waals surface area contributed by atoms with E-state index in [-0.39, 0.29) is 17.4 Å². The van der Waals surface area contributed by atoms with Crippen LogP contribution in [0, 0.1) is 11.8 Å². The Kier molecular flexibility index (Phi) is 3.77. The first kappa shape index (κ1) is 14.6. The van der Waals surface area contributed by atoms with E-state index in [2.05, 4.69) is 4.98 Å². The molecule has 1 atom stereocenters. The van der Waals surface area contributed by atoms with Gasteiger partial charge < -0.3 is 9.67 Å². The van der Waals surface area contributed by atoms with Gasteiger partial charge in [0.1, 0.15) is 15.7 Å². The number of carboxylic acid groups (broad SMARTS) is 1. The van der Waals surface area contributed by atoms with Gasteiger partial charge in [-0.05, 0) is 31.6 Å². The molecule has 2 aliphatic rings. The first-order valence-electron chi connectivity index (χ1n) is 7.41. The highest BCUT2D eigenvalue weighted by Gasteiger charge is 2.28. The summed E-state index contributed by atoms with van der Waals surface area (Å²) in [6, 6.07) is 0. The number of imidazole rings is 1. The van der Waals surface area contributed by atoms with Crippen molar-refractivity contribution in [3.05, 3.63) is 17.7 Å². The number of aryl methyl sites for hydroxylation is 1. The van der Waals surface area contributed by atoms with Crippen LogP contribution in [-0.4, -0.2) is 40.6 Å². The maximum atomic E-state index is 11.4. The maximum Gasteiger partial charge on any atom is 0.307 e. The average molecular weight is 312 g/mol. The molecule has 21 heavy (non-hydrogen) atoms. The standard InChI is InChI=1S/C14H20N2O4S/c17-14(18)11-1-4-16-9-12(15-13(16)8-11)7-10-2-5-21(19,20)6-3-10/h9-11H,1-8H2,(H,17,18). The van der Waals surface area contributed by atoms with Gasteiger partial charge in [0.25, 0.3) is 0 Å². The van der Waals surface area contributed by atoms with Crippen molar-refractivity contribution in [1.82, 2.24) is 9.55 Å². The van der Waals surface area contributed by atoms with Crippen molar-refractivity contribution in [3.8, 4) is 0 Å². The lowest BCUT2D eigenvalue weighted by Gasteiger charge is -2.20. The number of aromatic nitrogens is 2. The third-order valence-corrected chi connectivity index (χ3v) is 6.29. The zero-order valence-electron chi connectivity index (χ0n) is 11.9. The van der Waals surface area contributed by atoms with Crippen molar-refractivity contribution in [1.29, 1.82) is 0 Å². The molecule has 3 heterocycles. The molecule has 0 radical (unpaired) electrons. The molecule has 0 aliphatic carbocycles. The summed E-state index contributed by atoms with van der Waals surface area (Å²) in [6.07, 6.45) is 5.38. The van der Waals surface area contributed by atoms with Crippen LogP contribution in [0.2, 0.25) is 0 Å². The maximum absolute atomic E-state index is 11.4. The van der Waals surface area contributed by atoms with Gasteiger partial charge in [0.2, 0.25) is 0 Å². The Morgan fingerprint density at radius 1 is 1.33 bits per heavy atom. The van der Waals surface area contributed by atoms with Gasteiger partial charge in [-0.1, -0.05) is 0 Å². The second-order valence-electron chi connectivity index (χ2n) is 6.17.